The van der Waals surface area contributed by atoms with Crippen molar-refractivity contribution in [3.8, 4) is 0 Å². The molecule has 0 atom stereocenters. The summed E-state index contributed by atoms with van der Waals surface area (Å²) in [6.07, 6.45) is 21.4. The molecule has 0 saturated carbocycles. The summed E-state index contributed by atoms with van der Waals surface area (Å²) >= 11 is 0. The first-order chi connectivity index (χ1) is 15.7. The van der Waals surface area contributed by atoms with Crippen LogP contribution in [0.1, 0.15) is 132 Å². The van der Waals surface area contributed by atoms with Gasteiger partial charge in [0.15, 0.2) is 6.29 Å². The molecule has 0 bridgehead atoms. The molecular formula is C28H49NO3. The molecule has 0 unspecified atom stereocenters. The first kappa shape index (κ1) is 28.6. The van der Waals surface area contributed by atoms with E-state index in [1.54, 1.807) is 14.2 Å². The maximum atomic E-state index is 12.3. The van der Waals surface area contributed by atoms with Crippen LogP contribution in [0, 0.1) is 0 Å². The molecule has 0 saturated heterocycles. The molecule has 0 fully saturated rings. The van der Waals surface area contributed by atoms with Crippen molar-refractivity contribution in [3.63, 3.8) is 0 Å². The SMILES string of the molecule is CCCCCCCCCCCCCCCCCCNC(=O)c1ccc(C(OC)OC)cc1. The zero-order chi connectivity index (χ0) is 23.3. The zero-order valence-electron chi connectivity index (χ0n) is 21.1. The van der Waals surface area contributed by atoms with Crippen molar-refractivity contribution in [1.29, 1.82) is 0 Å². The van der Waals surface area contributed by atoms with Gasteiger partial charge in [-0.3, -0.25) is 4.79 Å². The maximum Gasteiger partial charge on any atom is 0.251 e. The van der Waals surface area contributed by atoms with E-state index in [2.05, 4.69) is 12.2 Å². The minimum atomic E-state index is -0.391. The van der Waals surface area contributed by atoms with Crippen LogP contribution in [-0.4, -0.2) is 26.7 Å². The lowest BCUT2D eigenvalue weighted by Crippen LogP contribution is -2.24. The van der Waals surface area contributed by atoms with E-state index in [9.17, 15) is 4.79 Å². The van der Waals surface area contributed by atoms with E-state index in [1.807, 2.05) is 24.3 Å². The van der Waals surface area contributed by atoms with E-state index in [0.29, 0.717) is 5.56 Å². The Labute approximate surface area is 197 Å². The Kier molecular flexibility index (Phi) is 18.1. The van der Waals surface area contributed by atoms with Crippen LogP contribution in [0.2, 0.25) is 0 Å². The number of amides is 1. The topological polar surface area (TPSA) is 47.6 Å². The second-order valence-electron chi connectivity index (χ2n) is 8.98. The fourth-order valence-corrected chi connectivity index (χ4v) is 4.14. The Morgan fingerprint density at radius 2 is 1.09 bits per heavy atom. The number of rotatable bonds is 21. The van der Waals surface area contributed by atoms with Crippen LogP contribution in [-0.2, 0) is 9.47 Å². The van der Waals surface area contributed by atoms with Gasteiger partial charge in [-0.1, -0.05) is 115 Å². The van der Waals surface area contributed by atoms with Gasteiger partial charge in [-0.2, -0.15) is 0 Å². The highest BCUT2D eigenvalue weighted by Gasteiger charge is 2.10. The summed E-state index contributed by atoms with van der Waals surface area (Å²) in [4.78, 5) is 12.3. The molecule has 0 aliphatic rings. The summed E-state index contributed by atoms with van der Waals surface area (Å²) in [5, 5.41) is 3.02. The zero-order valence-corrected chi connectivity index (χ0v) is 21.1. The lowest BCUT2D eigenvalue weighted by Gasteiger charge is -2.13. The molecule has 1 rings (SSSR count). The van der Waals surface area contributed by atoms with Crippen LogP contribution in [0.15, 0.2) is 24.3 Å². The van der Waals surface area contributed by atoms with E-state index >= 15 is 0 Å². The van der Waals surface area contributed by atoms with Crippen molar-refractivity contribution in [2.45, 2.75) is 116 Å². The number of carbonyl (C=O) groups is 1. The second-order valence-corrected chi connectivity index (χ2v) is 8.98. The fraction of sp³-hybridized carbons (Fsp3) is 0.750. The average Bonchev–Trinajstić information content (AvgIpc) is 2.82. The normalized spacial score (nSPS) is 11.2. The molecule has 0 spiro atoms. The summed E-state index contributed by atoms with van der Waals surface area (Å²) in [7, 11) is 3.21. The predicted molar refractivity (Wildman–Crippen MR) is 135 cm³/mol. The summed E-state index contributed by atoms with van der Waals surface area (Å²) in [5.41, 5.74) is 1.58. The average molecular weight is 448 g/mol. The van der Waals surface area contributed by atoms with Gasteiger partial charge < -0.3 is 14.8 Å². The van der Waals surface area contributed by atoms with Gasteiger partial charge >= 0.3 is 0 Å². The van der Waals surface area contributed by atoms with Crippen molar-refractivity contribution in [1.82, 2.24) is 5.32 Å². The highest BCUT2D eigenvalue weighted by molar-refractivity contribution is 5.94. The molecule has 4 nitrogen and oxygen atoms in total. The Hall–Kier alpha value is -1.39. The van der Waals surface area contributed by atoms with E-state index in [0.717, 1.165) is 18.5 Å². The van der Waals surface area contributed by atoms with Crippen LogP contribution in [0.4, 0.5) is 0 Å². The number of unbranched alkanes of at least 4 members (excludes halogenated alkanes) is 15. The van der Waals surface area contributed by atoms with Gasteiger partial charge in [-0.25, -0.2) is 0 Å². The highest BCUT2D eigenvalue weighted by Crippen LogP contribution is 2.18. The van der Waals surface area contributed by atoms with Crippen LogP contribution >= 0.6 is 0 Å². The van der Waals surface area contributed by atoms with Crippen molar-refractivity contribution < 1.29 is 14.3 Å². The van der Waals surface area contributed by atoms with Crippen molar-refractivity contribution in [3.05, 3.63) is 35.4 Å². The van der Waals surface area contributed by atoms with Gasteiger partial charge in [0.25, 0.3) is 5.91 Å². The Morgan fingerprint density at radius 3 is 1.50 bits per heavy atom. The van der Waals surface area contributed by atoms with Crippen LogP contribution in [0.5, 0.6) is 0 Å². The quantitative estimate of drug-likeness (QED) is 0.153. The molecule has 0 radical (unpaired) electrons. The van der Waals surface area contributed by atoms with E-state index in [-0.39, 0.29) is 5.91 Å². The van der Waals surface area contributed by atoms with Gasteiger partial charge in [0, 0.05) is 31.9 Å². The van der Waals surface area contributed by atoms with Crippen LogP contribution in [0.25, 0.3) is 0 Å². The summed E-state index contributed by atoms with van der Waals surface area (Å²) in [6, 6.07) is 7.40. The van der Waals surface area contributed by atoms with Gasteiger partial charge in [0.2, 0.25) is 0 Å². The standard InChI is InChI=1S/C28H49NO3/c1-4-5-6-7-8-9-10-11-12-13-14-15-16-17-18-19-24-29-27(30)25-20-22-26(23-21-25)28(31-2)32-3/h20-23,28H,4-19,24H2,1-3H3,(H,29,30). The molecular weight excluding hydrogens is 398 g/mol. The number of nitrogens with one attached hydrogen (secondary N) is 1. The molecule has 1 N–H and O–H groups in total. The second kappa shape index (κ2) is 20.2. The predicted octanol–water partition coefficient (Wildman–Crippen LogP) is 7.97. The number of hydrogen-bond acceptors (Lipinski definition) is 3. The Bertz CT molecular complexity index is 554. The van der Waals surface area contributed by atoms with Gasteiger partial charge in [-0.05, 0) is 18.6 Å². The summed E-state index contributed by atoms with van der Waals surface area (Å²) in [6.45, 7) is 3.03. The number of carbonyl (C=O) groups excluding carboxylic acids is 1. The molecule has 0 heterocycles. The first-order valence-corrected chi connectivity index (χ1v) is 13.2. The number of methoxy groups -OCH3 is 2. The number of hydrogen-bond donors (Lipinski definition) is 1. The van der Waals surface area contributed by atoms with Crippen molar-refractivity contribution >= 4 is 5.91 Å². The minimum Gasteiger partial charge on any atom is -0.352 e. The number of ether oxygens (including phenoxy) is 2. The third-order valence-corrected chi connectivity index (χ3v) is 6.19. The molecule has 1 amide bonds. The molecule has 0 aromatic heterocycles. The van der Waals surface area contributed by atoms with Crippen LogP contribution in [0.3, 0.4) is 0 Å². The van der Waals surface area contributed by atoms with Crippen LogP contribution < -0.4 is 5.32 Å². The third-order valence-electron chi connectivity index (χ3n) is 6.19. The fourth-order valence-electron chi connectivity index (χ4n) is 4.14. The van der Waals surface area contributed by atoms with Crippen molar-refractivity contribution in [2.24, 2.45) is 0 Å². The Balaban J connectivity index is 1.91. The largest absolute Gasteiger partial charge is 0.352 e. The first-order valence-electron chi connectivity index (χ1n) is 13.2. The van der Waals surface area contributed by atoms with Gasteiger partial charge in [-0.15, -0.1) is 0 Å². The molecule has 0 aliphatic carbocycles. The highest BCUT2D eigenvalue weighted by atomic mass is 16.7. The van der Waals surface area contributed by atoms with Crippen molar-refractivity contribution in [2.75, 3.05) is 20.8 Å². The monoisotopic (exact) mass is 447 g/mol. The third kappa shape index (κ3) is 13.9. The molecule has 4 heteroatoms. The molecule has 184 valence electrons. The smallest absolute Gasteiger partial charge is 0.251 e. The summed E-state index contributed by atoms with van der Waals surface area (Å²) < 4.78 is 10.5. The maximum absolute atomic E-state index is 12.3. The van der Waals surface area contributed by atoms with E-state index in [1.165, 1.54) is 96.3 Å². The summed E-state index contributed by atoms with van der Waals surface area (Å²) in [5.74, 6) is -0.0103. The lowest BCUT2D eigenvalue weighted by molar-refractivity contribution is -0.106. The van der Waals surface area contributed by atoms with Gasteiger partial charge in [0.05, 0.1) is 0 Å². The molecule has 1 aromatic rings. The molecule has 1 aromatic carbocycles. The van der Waals surface area contributed by atoms with E-state index in [4.69, 9.17) is 9.47 Å². The van der Waals surface area contributed by atoms with E-state index < -0.39 is 6.29 Å². The Morgan fingerprint density at radius 1 is 0.688 bits per heavy atom. The van der Waals surface area contributed by atoms with Gasteiger partial charge in [0.1, 0.15) is 0 Å². The molecule has 0 aliphatic heterocycles. The molecule has 32 heavy (non-hydrogen) atoms. The minimum absolute atomic E-state index is 0.0103. The lowest BCUT2D eigenvalue weighted by atomic mass is 10.0. The number of benzene rings is 1.